The van der Waals surface area contributed by atoms with Crippen molar-refractivity contribution in [1.82, 2.24) is 9.80 Å². The highest BCUT2D eigenvalue weighted by Crippen LogP contribution is 2.32. The minimum atomic E-state index is -0.333. The fraction of sp³-hybridized carbons (Fsp3) is 0.600. The van der Waals surface area contributed by atoms with Gasteiger partial charge in [-0.1, -0.05) is 19.8 Å². The predicted octanol–water partition coefficient (Wildman–Crippen LogP) is 2.98. The zero-order chi connectivity index (χ0) is 17.8. The summed E-state index contributed by atoms with van der Waals surface area (Å²) in [6, 6.07) is 5.68. The first-order valence-electron chi connectivity index (χ1n) is 9.34. The van der Waals surface area contributed by atoms with Gasteiger partial charge in [0.2, 0.25) is 5.91 Å². The number of halogens is 1. The molecule has 1 amide bonds. The molecule has 25 heavy (non-hydrogen) atoms. The summed E-state index contributed by atoms with van der Waals surface area (Å²) in [4.78, 5) is 29.0. The number of benzene rings is 1. The maximum atomic E-state index is 12.9. The number of amides is 1. The molecule has 0 spiro atoms. The highest BCUT2D eigenvalue weighted by molar-refractivity contribution is 5.97. The summed E-state index contributed by atoms with van der Waals surface area (Å²) < 4.78 is 12.9. The number of rotatable bonds is 5. The van der Waals surface area contributed by atoms with Crippen molar-refractivity contribution in [3.63, 3.8) is 0 Å². The van der Waals surface area contributed by atoms with E-state index in [1.165, 1.54) is 49.9 Å². The molecule has 0 N–H and O–H groups in total. The number of hydrogen-bond donors (Lipinski definition) is 0. The highest BCUT2D eigenvalue weighted by Gasteiger charge is 2.31. The maximum Gasteiger partial charge on any atom is 0.225 e. The van der Waals surface area contributed by atoms with Gasteiger partial charge in [0.15, 0.2) is 5.78 Å². The van der Waals surface area contributed by atoms with Crippen molar-refractivity contribution in [2.45, 2.75) is 32.6 Å². The van der Waals surface area contributed by atoms with Gasteiger partial charge in [-0.15, -0.1) is 0 Å². The fourth-order valence-electron chi connectivity index (χ4n) is 4.00. The Balaban J connectivity index is 1.47. The molecule has 1 saturated heterocycles. The lowest BCUT2D eigenvalue weighted by atomic mass is 9.91. The lowest BCUT2D eigenvalue weighted by Crippen LogP contribution is -2.51. The normalized spacial score (nSPS) is 20.6. The molecule has 1 atom stereocenters. The third-order valence-corrected chi connectivity index (χ3v) is 5.71. The highest BCUT2D eigenvalue weighted by atomic mass is 19.1. The molecule has 2 aliphatic rings. The van der Waals surface area contributed by atoms with Crippen molar-refractivity contribution in [1.29, 1.82) is 0 Å². The third kappa shape index (κ3) is 4.46. The molecule has 1 aliphatic heterocycles. The number of nitrogens with zero attached hydrogens (tertiary/aromatic N) is 2. The first kappa shape index (κ1) is 18.1. The van der Waals surface area contributed by atoms with Crippen LogP contribution in [0.4, 0.5) is 4.39 Å². The average molecular weight is 346 g/mol. The molecule has 1 saturated carbocycles. The monoisotopic (exact) mass is 346 g/mol. The molecule has 1 aromatic rings. The van der Waals surface area contributed by atoms with Gasteiger partial charge in [0.25, 0.3) is 0 Å². The summed E-state index contributed by atoms with van der Waals surface area (Å²) in [5.74, 6) is 0.607. The Labute approximate surface area is 149 Å². The second-order valence-corrected chi connectivity index (χ2v) is 7.36. The first-order chi connectivity index (χ1) is 12.0. The maximum absolute atomic E-state index is 12.9. The molecule has 3 rings (SSSR count). The second kappa shape index (κ2) is 8.09. The molecular formula is C20H27FN2O2. The van der Waals surface area contributed by atoms with E-state index in [0.717, 1.165) is 13.1 Å². The molecule has 1 unspecified atom stereocenters. The topological polar surface area (TPSA) is 40.6 Å². The number of ketones is 1. The Kier molecular flexibility index (Phi) is 5.84. The molecule has 0 bridgehead atoms. The van der Waals surface area contributed by atoms with E-state index in [0.29, 0.717) is 31.1 Å². The fourth-order valence-corrected chi connectivity index (χ4v) is 4.00. The van der Waals surface area contributed by atoms with Gasteiger partial charge in [0, 0.05) is 37.7 Å². The quantitative estimate of drug-likeness (QED) is 0.770. The molecular weight excluding hydrogens is 319 g/mol. The van der Waals surface area contributed by atoms with Crippen LogP contribution in [0.1, 0.15) is 43.0 Å². The van der Waals surface area contributed by atoms with E-state index >= 15 is 0 Å². The van der Waals surface area contributed by atoms with Crippen LogP contribution in [-0.2, 0) is 4.79 Å². The average Bonchev–Trinajstić information content (AvgIpc) is 3.16. The number of piperazine rings is 1. The van der Waals surface area contributed by atoms with Gasteiger partial charge in [0.1, 0.15) is 5.82 Å². The Bertz CT molecular complexity index is 603. The van der Waals surface area contributed by atoms with Gasteiger partial charge < -0.3 is 4.90 Å². The molecule has 1 aromatic carbocycles. The standard InChI is InChI=1S/C20H27FN2O2/c1-15(16-4-2-3-5-16)20(25)23-12-10-22(11-13-23)14-19(24)17-6-8-18(21)9-7-17/h6-9,15-16H,2-5,10-14H2,1H3. The van der Waals surface area contributed by atoms with Gasteiger partial charge in [0.05, 0.1) is 6.54 Å². The minimum Gasteiger partial charge on any atom is -0.340 e. The summed E-state index contributed by atoms with van der Waals surface area (Å²) in [5.41, 5.74) is 0.537. The van der Waals surface area contributed by atoms with Gasteiger partial charge in [-0.2, -0.15) is 0 Å². The van der Waals surface area contributed by atoms with Crippen LogP contribution in [0.5, 0.6) is 0 Å². The van der Waals surface area contributed by atoms with E-state index < -0.39 is 0 Å². The van der Waals surface area contributed by atoms with Crippen molar-refractivity contribution in [2.24, 2.45) is 11.8 Å². The molecule has 0 radical (unpaired) electrons. The van der Waals surface area contributed by atoms with Crippen molar-refractivity contribution in [3.8, 4) is 0 Å². The molecule has 4 nitrogen and oxygen atoms in total. The van der Waals surface area contributed by atoms with Crippen LogP contribution in [0.2, 0.25) is 0 Å². The van der Waals surface area contributed by atoms with Crippen LogP contribution in [0.25, 0.3) is 0 Å². The zero-order valence-electron chi connectivity index (χ0n) is 14.9. The van der Waals surface area contributed by atoms with Gasteiger partial charge in [-0.05, 0) is 43.0 Å². The lowest BCUT2D eigenvalue weighted by molar-refractivity contribution is -0.138. The van der Waals surface area contributed by atoms with E-state index in [1.807, 2.05) is 4.90 Å². The molecule has 1 aliphatic carbocycles. The van der Waals surface area contributed by atoms with Crippen LogP contribution in [-0.4, -0.2) is 54.2 Å². The summed E-state index contributed by atoms with van der Waals surface area (Å²) in [5, 5.41) is 0. The van der Waals surface area contributed by atoms with Gasteiger partial charge >= 0.3 is 0 Å². The van der Waals surface area contributed by atoms with Crippen LogP contribution < -0.4 is 0 Å². The van der Waals surface area contributed by atoms with Crippen LogP contribution in [0.3, 0.4) is 0 Å². The van der Waals surface area contributed by atoms with Crippen molar-refractivity contribution < 1.29 is 14.0 Å². The third-order valence-electron chi connectivity index (χ3n) is 5.71. The Morgan fingerprint density at radius 3 is 2.28 bits per heavy atom. The number of carbonyl (C=O) groups is 2. The largest absolute Gasteiger partial charge is 0.340 e. The zero-order valence-corrected chi connectivity index (χ0v) is 14.9. The van der Waals surface area contributed by atoms with Crippen LogP contribution in [0, 0.1) is 17.7 Å². The Hall–Kier alpha value is -1.75. The van der Waals surface area contributed by atoms with Crippen molar-refractivity contribution >= 4 is 11.7 Å². The summed E-state index contributed by atoms with van der Waals surface area (Å²) >= 11 is 0. The number of carbonyl (C=O) groups excluding carboxylic acids is 2. The van der Waals surface area contributed by atoms with Crippen LogP contribution >= 0.6 is 0 Å². The lowest BCUT2D eigenvalue weighted by Gasteiger charge is -2.36. The first-order valence-corrected chi connectivity index (χ1v) is 9.34. The van der Waals surface area contributed by atoms with E-state index in [2.05, 4.69) is 11.8 Å². The molecule has 136 valence electrons. The van der Waals surface area contributed by atoms with E-state index in [-0.39, 0.29) is 23.4 Å². The smallest absolute Gasteiger partial charge is 0.225 e. The number of hydrogen-bond acceptors (Lipinski definition) is 3. The molecule has 0 aromatic heterocycles. The predicted molar refractivity (Wildman–Crippen MR) is 94.9 cm³/mol. The minimum absolute atomic E-state index is 0.000833. The van der Waals surface area contributed by atoms with Crippen molar-refractivity contribution in [3.05, 3.63) is 35.6 Å². The van der Waals surface area contributed by atoms with E-state index in [9.17, 15) is 14.0 Å². The Morgan fingerprint density at radius 1 is 1.08 bits per heavy atom. The summed E-state index contributed by atoms with van der Waals surface area (Å²) in [6.45, 7) is 5.21. The molecule has 2 fully saturated rings. The summed E-state index contributed by atoms with van der Waals surface area (Å²) in [6.07, 6.45) is 4.86. The molecule has 1 heterocycles. The van der Waals surface area contributed by atoms with E-state index in [1.54, 1.807) is 0 Å². The van der Waals surface area contributed by atoms with Gasteiger partial charge in [-0.3, -0.25) is 14.5 Å². The molecule has 5 heteroatoms. The summed E-state index contributed by atoms with van der Waals surface area (Å²) in [7, 11) is 0. The SMILES string of the molecule is CC(C(=O)N1CCN(CC(=O)c2ccc(F)cc2)CC1)C1CCCC1. The Morgan fingerprint density at radius 2 is 1.68 bits per heavy atom. The van der Waals surface area contributed by atoms with Crippen LogP contribution in [0.15, 0.2) is 24.3 Å². The number of Topliss-reactive ketones (excluding diaryl/α,β-unsaturated/α-hetero) is 1. The van der Waals surface area contributed by atoms with E-state index in [4.69, 9.17) is 0 Å². The van der Waals surface area contributed by atoms with Gasteiger partial charge in [-0.25, -0.2) is 4.39 Å². The van der Waals surface area contributed by atoms with Crippen molar-refractivity contribution in [2.75, 3.05) is 32.7 Å². The second-order valence-electron chi connectivity index (χ2n) is 7.36.